The van der Waals surface area contributed by atoms with Crippen molar-refractivity contribution < 1.29 is 13.2 Å². The van der Waals surface area contributed by atoms with Crippen molar-refractivity contribution in [1.82, 2.24) is 4.98 Å². The van der Waals surface area contributed by atoms with E-state index in [2.05, 4.69) is 9.71 Å². The van der Waals surface area contributed by atoms with E-state index in [0.717, 1.165) is 11.3 Å². The molecule has 1 heterocycles. The van der Waals surface area contributed by atoms with Crippen LogP contribution in [-0.2, 0) is 10.0 Å². The zero-order valence-corrected chi connectivity index (χ0v) is 14.9. The summed E-state index contributed by atoms with van der Waals surface area (Å²) < 4.78 is 32.8. The minimum atomic E-state index is -3.86. The Morgan fingerprint density at radius 3 is 2.44 bits per heavy atom. The summed E-state index contributed by atoms with van der Waals surface area (Å²) in [6, 6.07) is 17.4. The average Bonchev–Trinajstić information content (AvgIpc) is 2.63. The summed E-state index contributed by atoms with van der Waals surface area (Å²) in [4.78, 5) is 4.27. The number of ether oxygens (including phenoxy) is 1. The number of nitrogens with zero attached hydrogens (tertiary/aromatic N) is 1. The van der Waals surface area contributed by atoms with Crippen molar-refractivity contribution in [3.63, 3.8) is 0 Å². The third-order valence-corrected chi connectivity index (χ3v) is 5.14. The number of nitrogens with one attached hydrogen (secondary N) is 1. The van der Waals surface area contributed by atoms with Crippen molar-refractivity contribution >= 4 is 27.3 Å². The highest BCUT2D eigenvalue weighted by atomic mass is 35.5. The maximum Gasteiger partial charge on any atom is 0.265 e. The van der Waals surface area contributed by atoms with Crippen LogP contribution in [0.25, 0.3) is 11.3 Å². The van der Waals surface area contributed by atoms with Gasteiger partial charge in [-0.2, -0.15) is 0 Å². The number of halogens is 1. The molecule has 25 heavy (non-hydrogen) atoms. The number of methoxy groups -OCH3 is 1. The van der Waals surface area contributed by atoms with Gasteiger partial charge in [-0.1, -0.05) is 41.9 Å². The van der Waals surface area contributed by atoms with Crippen molar-refractivity contribution in [1.29, 1.82) is 0 Å². The van der Waals surface area contributed by atoms with Gasteiger partial charge in [0.1, 0.15) is 10.6 Å². The standard InChI is InChI=1S/C18H15ClN2O3S/c1-24-17-10-7-14(19)11-18(17)25(22,23)21-15-8-9-16(20-12-15)13-5-3-2-4-6-13/h2-12,21H,1H3. The molecule has 0 bridgehead atoms. The number of hydrogen-bond acceptors (Lipinski definition) is 4. The average molecular weight is 375 g/mol. The van der Waals surface area contributed by atoms with E-state index in [4.69, 9.17) is 16.3 Å². The lowest BCUT2D eigenvalue weighted by Gasteiger charge is -2.12. The number of hydrogen-bond donors (Lipinski definition) is 1. The highest BCUT2D eigenvalue weighted by molar-refractivity contribution is 7.92. The lowest BCUT2D eigenvalue weighted by Crippen LogP contribution is -2.14. The minimum absolute atomic E-state index is 0.0327. The van der Waals surface area contributed by atoms with Gasteiger partial charge in [-0.05, 0) is 30.3 Å². The van der Waals surface area contributed by atoms with E-state index in [1.165, 1.54) is 25.4 Å². The van der Waals surface area contributed by atoms with E-state index in [-0.39, 0.29) is 10.6 Å². The van der Waals surface area contributed by atoms with E-state index in [1.54, 1.807) is 18.2 Å². The molecule has 0 radical (unpaired) electrons. The predicted molar refractivity (Wildman–Crippen MR) is 98.5 cm³/mol. The van der Waals surface area contributed by atoms with Crippen LogP contribution in [0.15, 0.2) is 71.8 Å². The van der Waals surface area contributed by atoms with Crippen LogP contribution in [0.2, 0.25) is 5.02 Å². The van der Waals surface area contributed by atoms with Gasteiger partial charge in [-0.15, -0.1) is 0 Å². The first-order valence-corrected chi connectivity index (χ1v) is 9.23. The molecule has 1 N–H and O–H groups in total. The van der Waals surface area contributed by atoms with E-state index in [0.29, 0.717) is 10.7 Å². The molecule has 0 saturated carbocycles. The van der Waals surface area contributed by atoms with Gasteiger partial charge in [0, 0.05) is 10.6 Å². The zero-order valence-electron chi connectivity index (χ0n) is 13.3. The lowest BCUT2D eigenvalue weighted by atomic mass is 10.1. The normalized spacial score (nSPS) is 11.1. The molecular weight excluding hydrogens is 360 g/mol. The molecule has 0 aliphatic heterocycles. The van der Waals surface area contributed by atoms with Crippen LogP contribution >= 0.6 is 11.6 Å². The van der Waals surface area contributed by atoms with Gasteiger partial charge in [-0.25, -0.2) is 8.42 Å². The highest BCUT2D eigenvalue weighted by Gasteiger charge is 2.20. The molecule has 3 rings (SSSR count). The van der Waals surface area contributed by atoms with Crippen molar-refractivity contribution in [3.05, 3.63) is 71.9 Å². The van der Waals surface area contributed by atoms with Crippen molar-refractivity contribution in [3.8, 4) is 17.0 Å². The monoisotopic (exact) mass is 374 g/mol. The van der Waals surface area contributed by atoms with Crippen LogP contribution in [-0.4, -0.2) is 20.5 Å². The summed E-state index contributed by atoms with van der Waals surface area (Å²) in [5.41, 5.74) is 2.05. The Balaban J connectivity index is 1.88. The molecule has 0 unspecified atom stereocenters. The van der Waals surface area contributed by atoms with Crippen molar-refractivity contribution in [2.45, 2.75) is 4.90 Å². The Kier molecular flexibility index (Phi) is 4.92. The Hall–Kier alpha value is -2.57. The van der Waals surface area contributed by atoms with E-state index < -0.39 is 10.0 Å². The molecule has 7 heteroatoms. The quantitative estimate of drug-likeness (QED) is 0.726. The summed E-state index contributed by atoms with van der Waals surface area (Å²) >= 11 is 5.91. The predicted octanol–water partition coefficient (Wildman–Crippen LogP) is 4.21. The summed E-state index contributed by atoms with van der Waals surface area (Å²) in [6.07, 6.45) is 1.47. The van der Waals surface area contributed by atoms with Gasteiger partial charge in [0.05, 0.1) is 24.7 Å². The molecule has 0 amide bonds. The van der Waals surface area contributed by atoms with Crippen LogP contribution in [0, 0.1) is 0 Å². The molecule has 0 saturated heterocycles. The van der Waals surface area contributed by atoms with Gasteiger partial charge >= 0.3 is 0 Å². The second-order valence-electron chi connectivity index (χ2n) is 5.20. The van der Waals surface area contributed by atoms with Gasteiger partial charge in [0.25, 0.3) is 10.0 Å². The van der Waals surface area contributed by atoms with Crippen LogP contribution in [0.4, 0.5) is 5.69 Å². The summed E-state index contributed by atoms with van der Waals surface area (Å²) in [6.45, 7) is 0. The third-order valence-electron chi connectivity index (χ3n) is 3.50. The van der Waals surface area contributed by atoms with Crippen molar-refractivity contribution in [2.75, 3.05) is 11.8 Å². The fourth-order valence-corrected chi connectivity index (χ4v) is 3.78. The van der Waals surface area contributed by atoms with E-state index >= 15 is 0 Å². The molecule has 0 aliphatic carbocycles. The summed E-state index contributed by atoms with van der Waals surface area (Å²) in [7, 11) is -2.45. The maximum atomic E-state index is 12.6. The molecule has 0 fully saturated rings. The Labute approximate surface area is 151 Å². The number of pyridine rings is 1. The lowest BCUT2D eigenvalue weighted by molar-refractivity contribution is 0.403. The molecule has 128 valence electrons. The second-order valence-corrected chi connectivity index (χ2v) is 7.29. The van der Waals surface area contributed by atoms with Gasteiger partial charge in [-0.3, -0.25) is 9.71 Å². The van der Waals surface area contributed by atoms with E-state index in [1.807, 2.05) is 30.3 Å². The number of benzene rings is 2. The summed E-state index contributed by atoms with van der Waals surface area (Å²) in [5.74, 6) is 0.214. The second kappa shape index (κ2) is 7.13. The number of rotatable bonds is 5. The number of aromatic nitrogens is 1. The fourth-order valence-electron chi connectivity index (χ4n) is 2.30. The molecule has 3 aromatic rings. The number of anilines is 1. The zero-order chi connectivity index (χ0) is 17.9. The topological polar surface area (TPSA) is 68.3 Å². The van der Waals surface area contributed by atoms with Crippen LogP contribution < -0.4 is 9.46 Å². The van der Waals surface area contributed by atoms with Crippen molar-refractivity contribution in [2.24, 2.45) is 0 Å². The Morgan fingerprint density at radius 2 is 1.80 bits per heavy atom. The fraction of sp³-hybridized carbons (Fsp3) is 0.0556. The molecule has 2 aromatic carbocycles. The van der Waals surface area contributed by atoms with Gasteiger partial charge in [0.15, 0.2) is 0 Å². The van der Waals surface area contributed by atoms with Gasteiger partial charge in [0.2, 0.25) is 0 Å². The summed E-state index contributed by atoms with van der Waals surface area (Å²) in [5, 5.41) is 0.304. The Morgan fingerprint density at radius 1 is 1.04 bits per heavy atom. The molecule has 5 nitrogen and oxygen atoms in total. The van der Waals surface area contributed by atoms with Crippen LogP contribution in [0.5, 0.6) is 5.75 Å². The first kappa shape index (κ1) is 17.3. The maximum absolute atomic E-state index is 12.6. The van der Waals surface area contributed by atoms with Crippen LogP contribution in [0.3, 0.4) is 0 Å². The van der Waals surface area contributed by atoms with Crippen LogP contribution in [0.1, 0.15) is 0 Å². The largest absolute Gasteiger partial charge is 0.495 e. The van der Waals surface area contributed by atoms with Gasteiger partial charge < -0.3 is 4.74 Å². The third kappa shape index (κ3) is 3.92. The number of sulfonamides is 1. The SMILES string of the molecule is COc1ccc(Cl)cc1S(=O)(=O)Nc1ccc(-c2ccccc2)nc1. The molecular formula is C18H15ClN2O3S. The smallest absolute Gasteiger partial charge is 0.265 e. The molecule has 0 atom stereocenters. The molecule has 0 aliphatic rings. The first-order chi connectivity index (χ1) is 12.0. The highest BCUT2D eigenvalue weighted by Crippen LogP contribution is 2.29. The molecule has 0 spiro atoms. The first-order valence-electron chi connectivity index (χ1n) is 7.37. The van der Waals surface area contributed by atoms with E-state index in [9.17, 15) is 8.42 Å². The minimum Gasteiger partial charge on any atom is -0.495 e. The Bertz CT molecular complexity index is 975. The molecule has 1 aromatic heterocycles.